The van der Waals surface area contributed by atoms with Gasteiger partial charge in [0.15, 0.2) is 6.33 Å². The van der Waals surface area contributed by atoms with Crippen LogP contribution in [-0.4, -0.2) is 54.7 Å². The number of nitrogens with zero attached hydrogens (tertiary/aromatic N) is 6. The third kappa shape index (κ3) is 3.71. The van der Waals surface area contributed by atoms with Crippen molar-refractivity contribution in [3.63, 3.8) is 0 Å². The number of ether oxygens (including phenoxy) is 1. The van der Waals surface area contributed by atoms with Gasteiger partial charge in [-0.3, -0.25) is 4.79 Å². The molecule has 8 heteroatoms. The zero-order chi connectivity index (χ0) is 19.5. The van der Waals surface area contributed by atoms with E-state index in [0.717, 1.165) is 18.4 Å². The number of carbonyl (C=O) groups is 1. The lowest BCUT2D eigenvalue weighted by Crippen LogP contribution is -2.49. The summed E-state index contributed by atoms with van der Waals surface area (Å²) in [5.74, 6) is 0.532. The number of rotatable bonds is 4. The predicted octanol–water partition coefficient (Wildman–Crippen LogP) is 2.44. The Morgan fingerprint density at radius 2 is 2.07 bits per heavy atom. The summed E-state index contributed by atoms with van der Waals surface area (Å²) < 4.78 is 6.06. The smallest absolute Gasteiger partial charge is 0.256 e. The van der Waals surface area contributed by atoms with E-state index in [-0.39, 0.29) is 18.1 Å². The molecule has 0 bridgehead atoms. The van der Waals surface area contributed by atoms with Crippen molar-refractivity contribution >= 4 is 5.91 Å². The van der Waals surface area contributed by atoms with E-state index in [1.807, 2.05) is 42.2 Å². The van der Waals surface area contributed by atoms with Crippen LogP contribution in [0.25, 0.3) is 5.69 Å². The molecule has 1 amide bonds. The molecule has 3 aromatic rings. The number of likely N-dealkylation sites (tertiary alicyclic amines) is 1. The lowest BCUT2D eigenvalue weighted by Gasteiger charge is -2.38. The van der Waals surface area contributed by atoms with Crippen LogP contribution in [-0.2, 0) is 0 Å². The van der Waals surface area contributed by atoms with Crippen LogP contribution in [0.2, 0.25) is 0 Å². The van der Waals surface area contributed by atoms with Gasteiger partial charge in [-0.25, -0.2) is 4.98 Å². The first-order valence-electron chi connectivity index (χ1n) is 9.34. The molecule has 1 aliphatic rings. The number of para-hydroxylation sites is 1. The summed E-state index contributed by atoms with van der Waals surface area (Å²) in [5, 5.41) is 11.7. The fraction of sp³-hybridized carbons (Fsp3) is 0.350. The van der Waals surface area contributed by atoms with Crippen molar-refractivity contribution in [1.29, 1.82) is 0 Å². The maximum absolute atomic E-state index is 13.3. The Hall–Kier alpha value is -3.29. The number of benzene rings is 1. The Bertz CT molecular complexity index is 959. The number of amides is 1. The van der Waals surface area contributed by atoms with Gasteiger partial charge >= 0.3 is 0 Å². The van der Waals surface area contributed by atoms with E-state index in [1.165, 1.54) is 11.1 Å². The second-order valence-corrected chi connectivity index (χ2v) is 7.04. The molecule has 28 heavy (non-hydrogen) atoms. The summed E-state index contributed by atoms with van der Waals surface area (Å²) >= 11 is 0. The summed E-state index contributed by atoms with van der Waals surface area (Å²) in [7, 11) is 0. The SMILES string of the molecule is Cc1ccnc(O[C@@H]2CC[C@@H](C)N(C(=O)c3ccccc3-n3ncnn3)C2)c1. The molecule has 2 aromatic heterocycles. The van der Waals surface area contributed by atoms with E-state index < -0.39 is 0 Å². The van der Waals surface area contributed by atoms with E-state index in [1.54, 1.807) is 12.3 Å². The highest BCUT2D eigenvalue weighted by molar-refractivity contribution is 5.98. The average Bonchev–Trinajstić information content (AvgIpc) is 3.24. The van der Waals surface area contributed by atoms with Crippen molar-refractivity contribution < 1.29 is 9.53 Å². The van der Waals surface area contributed by atoms with Crippen molar-refractivity contribution in [3.05, 3.63) is 60.0 Å². The number of aromatic nitrogens is 5. The van der Waals surface area contributed by atoms with E-state index in [9.17, 15) is 4.79 Å². The third-order valence-corrected chi connectivity index (χ3v) is 4.98. The van der Waals surface area contributed by atoms with Crippen molar-refractivity contribution in [1.82, 2.24) is 30.1 Å². The van der Waals surface area contributed by atoms with Gasteiger partial charge in [0.05, 0.1) is 12.1 Å². The molecule has 8 nitrogen and oxygen atoms in total. The molecule has 144 valence electrons. The standard InChI is InChI=1S/C20H22N6O2/c1-14-9-10-21-19(11-14)28-16-8-7-15(2)25(12-16)20(27)17-5-3-4-6-18(17)26-23-13-22-24-26/h3-6,9-11,13,15-16H,7-8,12H2,1-2H3/t15-,16-/m1/s1. The van der Waals surface area contributed by atoms with Crippen LogP contribution in [0, 0.1) is 6.92 Å². The largest absolute Gasteiger partial charge is 0.472 e. The van der Waals surface area contributed by atoms with Crippen LogP contribution in [0.15, 0.2) is 48.9 Å². The van der Waals surface area contributed by atoms with Crippen molar-refractivity contribution in [3.8, 4) is 11.6 Å². The van der Waals surface area contributed by atoms with Crippen LogP contribution < -0.4 is 4.74 Å². The number of pyridine rings is 1. The number of piperidine rings is 1. The first kappa shape index (κ1) is 18.1. The summed E-state index contributed by atoms with van der Waals surface area (Å²) in [6.07, 6.45) is 4.74. The summed E-state index contributed by atoms with van der Waals surface area (Å²) in [6, 6.07) is 11.3. The molecule has 2 atom stereocenters. The van der Waals surface area contributed by atoms with Gasteiger partial charge in [-0.1, -0.05) is 12.1 Å². The summed E-state index contributed by atoms with van der Waals surface area (Å²) in [5.41, 5.74) is 2.25. The number of hydrogen-bond donors (Lipinski definition) is 0. The molecule has 0 aliphatic carbocycles. The molecule has 4 rings (SSSR count). The molecule has 1 saturated heterocycles. The zero-order valence-electron chi connectivity index (χ0n) is 15.9. The van der Waals surface area contributed by atoms with Crippen LogP contribution in [0.1, 0.15) is 35.7 Å². The van der Waals surface area contributed by atoms with Gasteiger partial charge in [-0.15, -0.1) is 15.0 Å². The van der Waals surface area contributed by atoms with Crippen molar-refractivity contribution in [2.24, 2.45) is 0 Å². The second-order valence-electron chi connectivity index (χ2n) is 7.04. The highest BCUT2D eigenvalue weighted by Gasteiger charge is 2.32. The quantitative estimate of drug-likeness (QED) is 0.693. The minimum absolute atomic E-state index is 0.0640. The van der Waals surface area contributed by atoms with Crippen LogP contribution in [0.4, 0.5) is 0 Å². The number of tetrazole rings is 1. The average molecular weight is 378 g/mol. The minimum atomic E-state index is -0.0916. The Kier molecular flexibility index (Phi) is 5.01. The maximum Gasteiger partial charge on any atom is 0.256 e. The van der Waals surface area contributed by atoms with Gasteiger partial charge in [-0.05, 0) is 55.7 Å². The third-order valence-electron chi connectivity index (χ3n) is 4.98. The van der Waals surface area contributed by atoms with Crippen LogP contribution >= 0.6 is 0 Å². The number of aryl methyl sites for hydroxylation is 1. The topological polar surface area (TPSA) is 86.0 Å². The lowest BCUT2D eigenvalue weighted by atomic mass is 9.99. The second kappa shape index (κ2) is 7.75. The highest BCUT2D eigenvalue weighted by atomic mass is 16.5. The molecular weight excluding hydrogens is 356 g/mol. The van der Waals surface area contributed by atoms with Crippen LogP contribution in [0.3, 0.4) is 0 Å². The first-order valence-corrected chi connectivity index (χ1v) is 9.34. The molecule has 3 heterocycles. The fourth-order valence-electron chi connectivity index (χ4n) is 3.46. The number of carbonyl (C=O) groups excluding carboxylic acids is 1. The molecule has 0 saturated carbocycles. The number of hydrogen-bond acceptors (Lipinski definition) is 6. The normalized spacial score (nSPS) is 19.4. The van der Waals surface area contributed by atoms with Gasteiger partial charge in [0, 0.05) is 18.3 Å². The lowest BCUT2D eigenvalue weighted by molar-refractivity contribution is 0.0372. The van der Waals surface area contributed by atoms with Crippen LogP contribution in [0.5, 0.6) is 5.88 Å². The molecule has 1 aromatic carbocycles. The summed E-state index contributed by atoms with van der Waals surface area (Å²) in [4.78, 5) is 20.8. The van der Waals surface area contributed by atoms with E-state index in [4.69, 9.17) is 4.74 Å². The minimum Gasteiger partial charge on any atom is -0.472 e. The summed E-state index contributed by atoms with van der Waals surface area (Å²) in [6.45, 7) is 4.58. The molecule has 1 aliphatic heterocycles. The Labute approximate surface area is 163 Å². The predicted molar refractivity (Wildman–Crippen MR) is 102 cm³/mol. The molecule has 0 radical (unpaired) electrons. The molecule has 1 fully saturated rings. The monoisotopic (exact) mass is 378 g/mol. The zero-order valence-corrected chi connectivity index (χ0v) is 15.9. The van der Waals surface area contributed by atoms with Gasteiger partial charge in [0.25, 0.3) is 5.91 Å². The van der Waals surface area contributed by atoms with Crippen molar-refractivity contribution in [2.45, 2.75) is 38.8 Å². The van der Waals surface area contributed by atoms with Gasteiger partial charge in [0.1, 0.15) is 11.8 Å². The Balaban J connectivity index is 1.55. The van der Waals surface area contributed by atoms with E-state index in [0.29, 0.717) is 23.7 Å². The first-order chi connectivity index (χ1) is 13.6. The maximum atomic E-state index is 13.3. The van der Waals surface area contributed by atoms with Gasteiger partial charge in [-0.2, -0.15) is 0 Å². The van der Waals surface area contributed by atoms with Gasteiger partial charge in [0.2, 0.25) is 5.88 Å². The highest BCUT2D eigenvalue weighted by Crippen LogP contribution is 2.25. The van der Waals surface area contributed by atoms with Crippen molar-refractivity contribution in [2.75, 3.05) is 6.54 Å². The van der Waals surface area contributed by atoms with E-state index >= 15 is 0 Å². The fourth-order valence-corrected chi connectivity index (χ4v) is 3.46. The molecule has 0 N–H and O–H groups in total. The molecule has 0 spiro atoms. The van der Waals surface area contributed by atoms with Gasteiger partial charge < -0.3 is 9.64 Å². The Morgan fingerprint density at radius 3 is 2.86 bits per heavy atom. The molecular formula is C20H22N6O2. The molecule has 0 unspecified atom stereocenters. The Morgan fingerprint density at radius 1 is 1.21 bits per heavy atom. The van der Waals surface area contributed by atoms with E-state index in [2.05, 4.69) is 27.3 Å².